The first-order valence-corrected chi connectivity index (χ1v) is 9.92. The van der Waals surface area contributed by atoms with Crippen LogP contribution < -0.4 is 14.8 Å². The highest BCUT2D eigenvalue weighted by Crippen LogP contribution is 2.36. The average Bonchev–Trinajstić information content (AvgIpc) is 3.26. The molecule has 3 aromatic carbocycles. The van der Waals surface area contributed by atoms with Crippen LogP contribution in [0.5, 0.6) is 11.5 Å². The largest absolute Gasteiger partial charge is 0.454 e. The summed E-state index contributed by atoms with van der Waals surface area (Å²) in [5, 5.41) is 3.89. The molecule has 1 aliphatic heterocycles. The van der Waals surface area contributed by atoms with Crippen LogP contribution in [0.3, 0.4) is 0 Å². The first kappa shape index (κ1) is 18.2. The minimum Gasteiger partial charge on any atom is -0.454 e. The molecule has 0 saturated carbocycles. The Bertz CT molecular complexity index is 1270. The predicted molar refractivity (Wildman–Crippen MR) is 117 cm³/mol. The molecule has 0 spiro atoms. The highest BCUT2D eigenvalue weighted by Gasteiger charge is 2.18. The van der Waals surface area contributed by atoms with Crippen LogP contribution in [0, 0.1) is 0 Å². The molecule has 0 fully saturated rings. The number of fused-ring (bicyclic) bond motifs is 2. The number of anilines is 1. The number of carbonyl (C=O) groups excluding carboxylic acids is 1. The van der Waals surface area contributed by atoms with Crippen molar-refractivity contribution in [2.24, 2.45) is 0 Å². The lowest BCUT2D eigenvalue weighted by molar-refractivity contribution is 0.102. The lowest BCUT2D eigenvalue weighted by atomic mass is 10.0. The number of carbonyl (C=O) groups is 1. The molecule has 0 saturated heterocycles. The second kappa shape index (κ2) is 7.52. The van der Waals surface area contributed by atoms with Gasteiger partial charge in [0.15, 0.2) is 11.5 Å². The molecule has 1 N–H and O–H groups in total. The van der Waals surface area contributed by atoms with Crippen molar-refractivity contribution in [3.63, 3.8) is 0 Å². The number of hydrogen-bond donors (Lipinski definition) is 1. The maximum Gasteiger partial charge on any atom is 0.256 e. The SMILES string of the molecule is CCc1ccccc1NC(=O)c1cc(-c2ccc3c(c2)OCO3)nc2ccccc12. The molecule has 148 valence electrons. The van der Waals surface area contributed by atoms with E-state index in [4.69, 9.17) is 14.5 Å². The van der Waals surface area contributed by atoms with Crippen LogP contribution in [0.15, 0.2) is 72.8 Å². The highest BCUT2D eigenvalue weighted by atomic mass is 16.7. The topological polar surface area (TPSA) is 60.5 Å². The Hall–Kier alpha value is -3.86. The summed E-state index contributed by atoms with van der Waals surface area (Å²) in [6.45, 7) is 2.29. The lowest BCUT2D eigenvalue weighted by Gasteiger charge is -2.13. The fraction of sp³-hybridized carbons (Fsp3) is 0.120. The predicted octanol–water partition coefficient (Wildman–Crippen LogP) is 5.45. The quantitative estimate of drug-likeness (QED) is 0.499. The molecule has 0 unspecified atom stereocenters. The van der Waals surface area contributed by atoms with Crippen LogP contribution in [0.2, 0.25) is 0 Å². The molecule has 1 aromatic heterocycles. The summed E-state index contributed by atoms with van der Waals surface area (Å²) in [5.41, 5.74) is 4.85. The fourth-order valence-corrected chi connectivity index (χ4v) is 3.71. The highest BCUT2D eigenvalue weighted by molar-refractivity contribution is 6.13. The van der Waals surface area contributed by atoms with E-state index in [0.717, 1.165) is 34.1 Å². The summed E-state index contributed by atoms with van der Waals surface area (Å²) in [5.74, 6) is 1.25. The van der Waals surface area contributed by atoms with Crippen LogP contribution in [0.1, 0.15) is 22.8 Å². The number of aromatic nitrogens is 1. The van der Waals surface area contributed by atoms with Crippen LogP contribution >= 0.6 is 0 Å². The average molecular weight is 396 g/mol. The molecule has 0 radical (unpaired) electrons. The van der Waals surface area contributed by atoms with Gasteiger partial charge in [0.2, 0.25) is 6.79 Å². The van der Waals surface area contributed by atoms with Gasteiger partial charge in [0.25, 0.3) is 5.91 Å². The normalized spacial score (nSPS) is 12.2. The number of hydrogen-bond acceptors (Lipinski definition) is 4. The summed E-state index contributed by atoms with van der Waals surface area (Å²) < 4.78 is 10.9. The summed E-state index contributed by atoms with van der Waals surface area (Å²) in [4.78, 5) is 18.1. The van der Waals surface area contributed by atoms with Gasteiger partial charge < -0.3 is 14.8 Å². The molecule has 5 heteroatoms. The van der Waals surface area contributed by atoms with E-state index < -0.39 is 0 Å². The third-order valence-corrected chi connectivity index (χ3v) is 5.28. The standard InChI is InChI=1S/C25H20N2O3/c1-2-16-7-3-5-9-20(16)27-25(28)19-14-22(26-21-10-6-4-8-18(19)21)17-11-12-23-24(13-17)30-15-29-23/h3-14H,2,15H2,1H3,(H,27,28). The van der Waals surface area contributed by atoms with Gasteiger partial charge in [0, 0.05) is 16.6 Å². The third kappa shape index (κ3) is 3.24. The molecule has 1 aliphatic rings. The lowest BCUT2D eigenvalue weighted by Crippen LogP contribution is -2.14. The molecule has 1 amide bonds. The van der Waals surface area contributed by atoms with Crippen LogP contribution in [0.25, 0.3) is 22.2 Å². The van der Waals surface area contributed by atoms with E-state index in [-0.39, 0.29) is 12.7 Å². The minimum atomic E-state index is -0.156. The van der Waals surface area contributed by atoms with E-state index in [1.807, 2.05) is 72.8 Å². The van der Waals surface area contributed by atoms with E-state index in [9.17, 15) is 4.79 Å². The van der Waals surface area contributed by atoms with E-state index in [0.29, 0.717) is 22.8 Å². The zero-order valence-corrected chi connectivity index (χ0v) is 16.5. The number of benzene rings is 3. The summed E-state index contributed by atoms with van der Waals surface area (Å²) in [7, 11) is 0. The number of aryl methyl sites for hydroxylation is 1. The van der Waals surface area contributed by atoms with Gasteiger partial charge in [0.05, 0.1) is 16.8 Å². The van der Waals surface area contributed by atoms with E-state index >= 15 is 0 Å². The third-order valence-electron chi connectivity index (χ3n) is 5.28. The summed E-state index contributed by atoms with van der Waals surface area (Å²) >= 11 is 0. The van der Waals surface area contributed by atoms with Crippen molar-refractivity contribution in [2.75, 3.05) is 12.1 Å². The van der Waals surface area contributed by atoms with Crippen molar-refractivity contribution in [1.82, 2.24) is 4.98 Å². The van der Waals surface area contributed by atoms with Crippen LogP contribution in [-0.2, 0) is 6.42 Å². The van der Waals surface area contributed by atoms with Gasteiger partial charge in [-0.05, 0) is 48.4 Å². The van der Waals surface area contributed by atoms with Crippen molar-refractivity contribution in [3.8, 4) is 22.8 Å². The van der Waals surface area contributed by atoms with Crippen LogP contribution in [0.4, 0.5) is 5.69 Å². The second-order valence-corrected chi connectivity index (χ2v) is 7.11. The maximum absolute atomic E-state index is 13.3. The Morgan fingerprint density at radius 3 is 2.67 bits per heavy atom. The number of nitrogens with zero attached hydrogens (tertiary/aromatic N) is 1. The summed E-state index contributed by atoms with van der Waals surface area (Å²) in [6, 6.07) is 23.1. The first-order chi connectivity index (χ1) is 14.7. The number of amides is 1. The van der Waals surface area contributed by atoms with Gasteiger partial charge >= 0.3 is 0 Å². The Kier molecular flexibility index (Phi) is 4.56. The molecule has 5 rings (SSSR count). The molecule has 0 aliphatic carbocycles. The van der Waals surface area contributed by atoms with Gasteiger partial charge in [0.1, 0.15) is 0 Å². The second-order valence-electron chi connectivity index (χ2n) is 7.11. The van der Waals surface area contributed by atoms with Gasteiger partial charge in [-0.3, -0.25) is 4.79 Å². The first-order valence-electron chi connectivity index (χ1n) is 9.92. The smallest absolute Gasteiger partial charge is 0.256 e. The molecular formula is C25H20N2O3. The number of pyridine rings is 1. The van der Waals surface area contributed by atoms with Crippen molar-refractivity contribution in [3.05, 3.63) is 83.9 Å². The van der Waals surface area contributed by atoms with Crippen molar-refractivity contribution in [1.29, 1.82) is 0 Å². The molecule has 2 heterocycles. The molecule has 0 bridgehead atoms. The van der Waals surface area contributed by atoms with E-state index in [1.54, 1.807) is 0 Å². The maximum atomic E-state index is 13.3. The molecular weight excluding hydrogens is 376 g/mol. The molecule has 5 nitrogen and oxygen atoms in total. The van der Waals surface area contributed by atoms with Crippen molar-refractivity contribution >= 4 is 22.5 Å². The Morgan fingerprint density at radius 1 is 0.967 bits per heavy atom. The van der Waals surface area contributed by atoms with Crippen molar-refractivity contribution < 1.29 is 14.3 Å². The van der Waals surface area contributed by atoms with Gasteiger partial charge in [-0.1, -0.05) is 43.3 Å². The van der Waals surface area contributed by atoms with Crippen LogP contribution in [-0.4, -0.2) is 17.7 Å². The fourth-order valence-electron chi connectivity index (χ4n) is 3.71. The zero-order valence-electron chi connectivity index (χ0n) is 16.5. The Morgan fingerprint density at radius 2 is 1.77 bits per heavy atom. The minimum absolute atomic E-state index is 0.156. The summed E-state index contributed by atoms with van der Waals surface area (Å²) in [6.07, 6.45) is 0.843. The van der Waals surface area contributed by atoms with Crippen molar-refractivity contribution in [2.45, 2.75) is 13.3 Å². The number of ether oxygens (including phenoxy) is 2. The number of para-hydroxylation sites is 2. The van der Waals surface area contributed by atoms with E-state index in [1.165, 1.54) is 0 Å². The van der Waals surface area contributed by atoms with Gasteiger partial charge in [-0.15, -0.1) is 0 Å². The van der Waals surface area contributed by atoms with E-state index in [2.05, 4.69) is 12.2 Å². The molecule has 4 aromatic rings. The monoisotopic (exact) mass is 396 g/mol. The molecule has 0 atom stereocenters. The number of nitrogens with one attached hydrogen (secondary N) is 1. The van der Waals surface area contributed by atoms with Gasteiger partial charge in [-0.2, -0.15) is 0 Å². The Labute approximate surface area is 174 Å². The number of rotatable bonds is 4. The Balaban J connectivity index is 1.60. The van der Waals surface area contributed by atoms with Gasteiger partial charge in [-0.25, -0.2) is 4.98 Å². The molecule has 30 heavy (non-hydrogen) atoms. The zero-order chi connectivity index (χ0) is 20.5.